The number of halogens is 3. The van der Waals surface area contributed by atoms with Crippen LogP contribution in [-0.4, -0.2) is 29.6 Å². The lowest BCUT2D eigenvalue weighted by atomic mass is 10.1. The monoisotopic (exact) mass is 677 g/mol. The maximum atomic E-state index is 13.8. The zero-order chi connectivity index (χ0) is 30.2. The molecule has 1 aromatic heterocycles. The zero-order valence-corrected chi connectivity index (χ0v) is 25.3. The van der Waals surface area contributed by atoms with E-state index < -0.39 is 17.6 Å². The molecule has 0 fully saturated rings. The van der Waals surface area contributed by atoms with Gasteiger partial charge in [0, 0.05) is 37.3 Å². The van der Waals surface area contributed by atoms with E-state index in [2.05, 4.69) is 42.1 Å². The number of hydrazone groups is 1. The van der Waals surface area contributed by atoms with E-state index >= 15 is 0 Å². The molecule has 0 aliphatic carbocycles. The molecule has 5 rings (SSSR count). The molecule has 0 aliphatic rings. The average molecular weight is 679 g/mol. The molecule has 2 amide bonds. The van der Waals surface area contributed by atoms with Crippen LogP contribution in [0, 0.1) is 5.82 Å². The number of anilines is 3. The zero-order valence-electron chi connectivity index (χ0n) is 22.2. The summed E-state index contributed by atoms with van der Waals surface area (Å²) in [4.78, 5) is 29.6. The molecule has 0 radical (unpaired) electrons. The smallest absolute Gasteiger partial charge is 0.271 e. The van der Waals surface area contributed by atoms with Gasteiger partial charge in [-0.3, -0.25) is 9.59 Å². The van der Waals surface area contributed by atoms with Gasteiger partial charge in [0.25, 0.3) is 11.8 Å². The Morgan fingerprint density at radius 1 is 1.02 bits per heavy atom. The second kappa shape index (κ2) is 14.1. The van der Waals surface area contributed by atoms with Gasteiger partial charge < -0.3 is 15.4 Å². The van der Waals surface area contributed by atoms with Crippen molar-refractivity contribution in [2.24, 2.45) is 5.10 Å². The highest BCUT2D eigenvalue weighted by Crippen LogP contribution is 2.28. The number of benzene rings is 4. The summed E-state index contributed by atoms with van der Waals surface area (Å²) in [5.74, 6) is -1.13. The molecule has 5 aromatic rings. The number of hydrogen-bond donors (Lipinski definition) is 3. The van der Waals surface area contributed by atoms with E-state index in [9.17, 15) is 14.0 Å². The molecule has 1 heterocycles. The Bertz CT molecular complexity index is 1780. The van der Waals surface area contributed by atoms with Crippen LogP contribution in [0.1, 0.15) is 15.9 Å². The van der Waals surface area contributed by atoms with Gasteiger partial charge in [-0.25, -0.2) is 14.8 Å². The second-order valence-corrected chi connectivity index (χ2v) is 11.2. The number of nitrogens with zero attached hydrogens (tertiary/aromatic N) is 2. The van der Waals surface area contributed by atoms with Crippen LogP contribution in [0.4, 0.5) is 20.9 Å². The van der Waals surface area contributed by atoms with Crippen molar-refractivity contribution in [3.05, 3.63) is 123 Å². The number of para-hydroxylation sites is 1. The molecule has 0 spiro atoms. The lowest BCUT2D eigenvalue weighted by Gasteiger charge is -2.10. The first-order valence-corrected chi connectivity index (χ1v) is 14.8. The fourth-order valence-electron chi connectivity index (χ4n) is 3.78. The molecule has 0 saturated carbocycles. The summed E-state index contributed by atoms with van der Waals surface area (Å²) in [6, 6.07) is 25.3. The number of ether oxygens (including phenoxy) is 1. The van der Waals surface area contributed by atoms with E-state index in [0.717, 1.165) is 26.5 Å². The van der Waals surface area contributed by atoms with E-state index in [1.807, 2.05) is 29.6 Å². The van der Waals surface area contributed by atoms with E-state index in [0.29, 0.717) is 21.9 Å². The van der Waals surface area contributed by atoms with Crippen molar-refractivity contribution >= 4 is 73.4 Å². The van der Waals surface area contributed by atoms with Crippen molar-refractivity contribution < 1.29 is 18.7 Å². The lowest BCUT2D eigenvalue weighted by molar-refractivity contribution is -0.118. The second-order valence-electron chi connectivity index (χ2n) is 8.95. The number of thiazole rings is 1. The molecule has 4 aromatic carbocycles. The normalized spacial score (nSPS) is 10.9. The Morgan fingerprint density at radius 3 is 2.56 bits per heavy atom. The SMILES string of the molecule is O=C(COc1ccc(Br)cc1/C=N\NC(=O)c1ccc(-c2csc(Nc3ccc(Cl)cc3)n2)cc1)Nc1ccccc1F. The highest BCUT2D eigenvalue weighted by molar-refractivity contribution is 9.10. The number of aromatic nitrogens is 1. The summed E-state index contributed by atoms with van der Waals surface area (Å²) in [5, 5.41) is 13.1. The molecule has 3 N–H and O–H groups in total. The predicted molar refractivity (Wildman–Crippen MR) is 172 cm³/mol. The van der Waals surface area contributed by atoms with Gasteiger partial charge in [0.15, 0.2) is 11.7 Å². The van der Waals surface area contributed by atoms with E-state index in [1.165, 1.54) is 35.8 Å². The quantitative estimate of drug-likeness (QED) is 0.103. The Balaban J connectivity index is 1.17. The first-order chi connectivity index (χ1) is 20.8. The van der Waals surface area contributed by atoms with Gasteiger partial charge in [0.2, 0.25) is 0 Å². The molecule has 0 saturated heterocycles. The Labute approximate surface area is 263 Å². The first-order valence-electron chi connectivity index (χ1n) is 12.7. The van der Waals surface area contributed by atoms with Gasteiger partial charge in [0.05, 0.1) is 17.6 Å². The number of carbonyl (C=O) groups excluding carboxylic acids is 2. The molecular formula is C31H22BrClFN5O3S. The van der Waals surface area contributed by atoms with Crippen molar-refractivity contribution in [3.8, 4) is 17.0 Å². The summed E-state index contributed by atoms with van der Waals surface area (Å²) < 4.78 is 20.2. The summed E-state index contributed by atoms with van der Waals surface area (Å²) in [7, 11) is 0. The molecule has 8 nitrogen and oxygen atoms in total. The molecule has 0 bridgehead atoms. The Kier molecular flexibility index (Phi) is 9.77. The van der Waals surface area contributed by atoms with Crippen LogP contribution in [0.3, 0.4) is 0 Å². The van der Waals surface area contributed by atoms with Crippen LogP contribution in [0.15, 0.2) is 106 Å². The number of carbonyl (C=O) groups is 2. The van der Waals surface area contributed by atoms with Crippen LogP contribution in [0.2, 0.25) is 5.02 Å². The third-order valence-corrected chi connectivity index (χ3v) is 7.39. The summed E-state index contributed by atoms with van der Waals surface area (Å²) in [5.41, 5.74) is 5.99. The van der Waals surface area contributed by atoms with Gasteiger partial charge in [-0.2, -0.15) is 5.10 Å². The third kappa shape index (κ3) is 8.25. The minimum absolute atomic E-state index is 0.0620. The predicted octanol–water partition coefficient (Wildman–Crippen LogP) is 7.89. The minimum Gasteiger partial charge on any atom is -0.483 e. The largest absolute Gasteiger partial charge is 0.483 e. The highest BCUT2D eigenvalue weighted by Gasteiger charge is 2.11. The van der Waals surface area contributed by atoms with E-state index in [-0.39, 0.29) is 12.3 Å². The van der Waals surface area contributed by atoms with Crippen LogP contribution < -0.4 is 20.8 Å². The van der Waals surface area contributed by atoms with Gasteiger partial charge >= 0.3 is 0 Å². The Morgan fingerprint density at radius 2 is 1.79 bits per heavy atom. The topological polar surface area (TPSA) is 105 Å². The Hall–Kier alpha value is -4.58. The van der Waals surface area contributed by atoms with E-state index in [4.69, 9.17) is 16.3 Å². The highest BCUT2D eigenvalue weighted by atomic mass is 79.9. The molecule has 0 unspecified atom stereocenters. The molecule has 0 atom stereocenters. The van der Waals surface area contributed by atoms with Crippen LogP contribution in [0.25, 0.3) is 11.3 Å². The summed E-state index contributed by atoms with van der Waals surface area (Å²) in [6.07, 6.45) is 1.41. The van der Waals surface area contributed by atoms with Crippen molar-refractivity contribution in [2.45, 2.75) is 0 Å². The molecule has 0 aliphatic heterocycles. The molecule has 43 heavy (non-hydrogen) atoms. The number of hydrogen-bond acceptors (Lipinski definition) is 7. The molecule has 12 heteroatoms. The lowest BCUT2D eigenvalue weighted by Crippen LogP contribution is -2.21. The third-order valence-electron chi connectivity index (χ3n) is 5.89. The van der Waals surface area contributed by atoms with Crippen molar-refractivity contribution in [1.29, 1.82) is 0 Å². The first kappa shape index (κ1) is 29.9. The molecular weight excluding hydrogens is 657 g/mol. The van der Waals surface area contributed by atoms with Gasteiger partial charge in [-0.15, -0.1) is 11.3 Å². The fourth-order valence-corrected chi connectivity index (χ4v) is 5.03. The van der Waals surface area contributed by atoms with Gasteiger partial charge in [-0.05, 0) is 66.7 Å². The van der Waals surface area contributed by atoms with Crippen molar-refractivity contribution in [1.82, 2.24) is 10.4 Å². The van der Waals surface area contributed by atoms with Gasteiger partial charge in [-0.1, -0.05) is 51.8 Å². The summed E-state index contributed by atoms with van der Waals surface area (Å²) >= 11 is 10.8. The van der Waals surface area contributed by atoms with Crippen LogP contribution in [0.5, 0.6) is 5.75 Å². The number of nitrogens with one attached hydrogen (secondary N) is 3. The van der Waals surface area contributed by atoms with Crippen molar-refractivity contribution in [2.75, 3.05) is 17.2 Å². The maximum Gasteiger partial charge on any atom is 0.271 e. The molecule has 216 valence electrons. The van der Waals surface area contributed by atoms with Crippen LogP contribution >= 0.6 is 38.9 Å². The maximum absolute atomic E-state index is 13.8. The number of amides is 2. The minimum atomic E-state index is -0.544. The average Bonchev–Trinajstić information content (AvgIpc) is 3.47. The number of rotatable bonds is 10. The van der Waals surface area contributed by atoms with Crippen LogP contribution in [-0.2, 0) is 4.79 Å². The standard InChI is InChI=1S/C31H22BrClFN5O3S/c32-22-9-14-28(42-17-29(40)37-26-4-2-1-3-25(26)34)21(15-22)16-35-39-30(41)20-7-5-19(6-8-20)27-18-43-31(38-27)36-24-12-10-23(33)11-13-24/h1-16,18H,17H2,(H,36,38)(H,37,40)(H,39,41)/b35-16-. The van der Waals surface area contributed by atoms with Gasteiger partial charge in [0.1, 0.15) is 11.6 Å². The van der Waals surface area contributed by atoms with E-state index in [1.54, 1.807) is 48.5 Å². The van der Waals surface area contributed by atoms with Crippen molar-refractivity contribution in [3.63, 3.8) is 0 Å². The fraction of sp³-hybridized carbons (Fsp3) is 0.0323. The summed E-state index contributed by atoms with van der Waals surface area (Å²) in [6.45, 7) is -0.354.